The molecule has 2 aromatic heterocycles. The minimum atomic E-state index is -4.58. The van der Waals surface area contributed by atoms with Gasteiger partial charge in [0.1, 0.15) is 5.82 Å². The van der Waals surface area contributed by atoms with E-state index < -0.39 is 33.6 Å². The maximum absolute atomic E-state index is 13.3. The fourth-order valence-corrected chi connectivity index (χ4v) is 5.29. The number of aryl methyl sites for hydroxylation is 2. The van der Waals surface area contributed by atoms with E-state index >= 15 is 0 Å². The molecular weight excluding hydrogens is 473 g/mol. The van der Waals surface area contributed by atoms with Crippen molar-refractivity contribution >= 4 is 21.6 Å². The topological polar surface area (TPSA) is 102 Å². The number of piperidine rings is 1. The number of amides is 1. The molecule has 1 aliphatic heterocycles. The number of halogens is 3. The van der Waals surface area contributed by atoms with Gasteiger partial charge in [-0.3, -0.25) is 4.79 Å². The van der Waals surface area contributed by atoms with E-state index in [2.05, 4.69) is 15.4 Å². The van der Waals surface area contributed by atoms with Gasteiger partial charge in [-0.25, -0.2) is 18.1 Å². The smallest absolute Gasteiger partial charge is 0.337 e. The van der Waals surface area contributed by atoms with E-state index in [1.165, 1.54) is 27.4 Å². The highest BCUT2D eigenvalue weighted by Crippen LogP contribution is 2.34. The van der Waals surface area contributed by atoms with Crippen LogP contribution in [0.1, 0.15) is 24.2 Å². The Morgan fingerprint density at radius 1 is 1.21 bits per heavy atom. The maximum Gasteiger partial charge on any atom is 0.416 e. The van der Waals surface area contributed by atoms with Crippen LogP contribution in [-0.4, -0.2) is 51.1 Å². The molecule has 0 atom stereocenters. The molecule has 13 heteroatoms. The largest absolute Gasteiger partial charge is 0.416 e. The van der Waals surface area contributed by atoms with E-state index in [0.29, 0.717) is 5.82 Å². The Kier molecular flexibility index (Phi) is 6.25. The number of nitrogens with one attached hydrogen (secondary N) is 1. The van der Waals surface area contributed by atoms with Crippen LogP contribution in [0, 0.1) is 12.8 Å². The molecule has 3 aromatic rings. The average molecular weight is 497 g/mol. The first-order chi connectivity index (χ1) is 16.0. The number of anilines is 1. The molecule has 1 amide bonds. The predicted octanol–water partition coefficient (Wildman–Crippen LogP) is 2.97. The molecule has 4 rings (SSSR count). The highest BCUT2D eigenvalue weighted by molar-refractivity contribution is 7.89. The minimum absolute atomic E-state index is 0.0254. The summed E-state index contributed by atoms with van der Waals surface area (Å²) in [4.78, 5) is 17.0. The van der Waals surface area contributed by atoms with Gasteiger partial charge in [-0.2, -0.15) is 22.6 Å². The fraction of sp³-hybridized carbons (Fsp3) is 0.381. The normalized spacial score (nSPS) is 16.0. The molecule has 1 aliphatic rings. The minimum Gasteiger partial charge on any atom is -0.337 e. The zero-order valence-corrected chi connectivity index (χ0v) is 19.3. The number of hydrogen-bond acceptors (Lipinski definition) is 5. The molecule has 1 fully saturated rings. The molecule has 3 heterocycles. The number of aromatic nitrogens is 4. The van der Waals surface area contributed by atoms with Crippen molar-refractivity contribution in [2.24, 2.45) is 13.0 Å². The van der Waals surface area contributed by atoms with Gasteiger partial charge in [0, 0.05) is 44.6 Å². The molecule has 1 saturated heterocycles. The van der Waals surface area contributed by atoms with Crippen LogP contribution in [0.25, 0.3) is 5.69 Å². The Bertz CT molecular complexity index is 1270. The summed E-state index contributed by atoms with van der Waals surface area (Å²) in [5, 5.41) is 6.58. The number of alkyl halides is 3. The number of hydrogen-bond donors (Lipinski definition) is 1. The molecule has 182 valence electrons. The van der Waals surface area contributed by atoms with Gasteiger partial charge in [0.15, 0.2) is 5.03 Å². The van der Waals surface area contributed by atoms with Crippen LogP contribution in [0.4, 0.5) is 18.9 Å². The summed E-state index contributed by atoms with van der Waals surface area (Å²) in [6.45, 7) is 1.90. The number of imidazole rings is 1. The van der Waals surface area contributed by atoms with E-state index in [-0.39, 0.29) is 42.3 Å². The maximum atomic E-state index is 13.3. The summed E-state index contributed by atoms with van der Waals surface area (Å²) >= 11 is 0. The van der Waals surface area contributed by atoms with E-state index in [0.717, 1.165) is 12.1 Å². The third kappa shape index (κ3) is 4.71. The zero-order valence-electron chi connectivity index (χ0n) is 18.5. The Labute approximate surface area is 194 Å². The first kappa shape index (κ1) is 24.0. The lowest BCUT2D eigenvalue weighted by atomic mass is 9.97. The second-order valence-corrected chi connectivity index (χ2v) is 9.97. The van der Waals surface area contributed by atoms with Crippen molar-refractivity contribution < 1.29 is 26.4 Å². The summed E-state index contributed by atoms with van der Waals surface area (Å²) in [5.74, 6) is -0.475. The molecule has 0 unspecified atom stereocenters. The molecule has 0 saturated carbocycles. The molecule has 1 aromatic carbocycles. The van der Waals surface area contributed by atoms with E-state index in [4.69, 9.17) is 0 Å². The van der Waals surface area contributed by atoms with Crippen LogP contribution in [0.2, 0.25) is 0 Å². The SMILES string of the molecule is Cc1nc(S(=O)(=O)N2CCC(C(=O)Nc3cc(C(F)(F)F)ccc3-n3cccn3)CC2)cn1C. The first-order valence-corrected chi connectivity index (χ1v) is 11.9. The van der Waals surface area contributed by atoms with E-state index in [9.17, 15) is 26.4 Å². The average Bonchev–Trinajstić information content (AvgIpc) is 3.43. The molecule has 0 bridgehead atoms. The third-order valence-corrected chi connectivity index (χ3v) is 7.62. The second kappa shape index (κ2) is 8.87. The van der Waals surface area contributed by atoms with Crippen molar-refractivity contribution in [2.45, 2.75) is 31.0 Å². The van der Waals surface area contributed by atoms with Crippen LogP contribution < -0.4 is 5.32 Å². The van der Waals surface area contributed by atoms with Gasteiger partial charge in [-0.1, -0.05) is 0 Å². The van der Waals surface area contributed by atoms with Gasteiger partial charge in [0.05, 0.1) is 16.9 Å². The zero-order chi connectivity index (χ0) is 24.7. The Morgan fingerprint density at radius 2 is 1.91 bits per heavy atom. The van der Waals surface area contributed by atoms with Gasteiger partial charge < -0.3 is 9.88 Å². The predicted molar refractivity (Wildman–Crippen MR) is 117 cm³/mol. The summed E-state index contributed by atoms with van der Waals surface area (Å²) in [6, 6.07) is 4.66. The lowest BCUT2D eigenvalue weighted by Crippen LogP contribution is -2.41. The highest BCUT2D eigenvalue weighted by Gasteiger charge is 2.35. The molecule has 0 aliphatic carbocycles. The van der Waals surface area contributed by atoms with Crippen LogP contribution in [0.15, 0.2) is 47.9 Å². The number of benzene rings is 1. The van der Waals surface area contributed by atoms with Crippen molar-refractivity contribution in [2.75, 3.05) is 18.4 Å². The Balaban J connectivity index is 1.49. The summed E-state index contributed by atoms with van der Waals surface area (Å²) in [6.07, 6.45) is 0.350. The van der Waals surface area contributed by atoms with Crippen molar-refractivity contribution in [3.8, 4) is 5.69 Å². The van der Waals surface area contributed by atoms with Crippen molar-refractivity contribution in [1.82, 2.24) is 23.6 Å². The third-order valence-electron chi connectivity index (χ3n) is 5.85. The van der Waals surface area contributed by atoms with Gasteiger partial charge >= 0.3 is 6.18 Å². The van der Waals surface area contributed by atoms with E-state index in [1.54, 1.807) is 30.8 Å². The lowest BCUT2D eigenvalue weighted by Gasteiger charge is -2.30. The van der Waals surface area contributed by atoms with Crippen LogP contribution in [0.5, 0.6) is 0 Å². The highest BCUT2D eigenvalue weighted by atomic mass is 32.2. The molecular formula is C21H23F3N6O3S. The molecule has 0 spiro atoms. The first-order valence-electron chi connectivity index (χ1n) is 10.5. The van der Waals surface area contributed by atoms with Gasteiger partial charge in [0.2, 0.25) is 5.91 Å². The Hall–Kier alpha value is -3.19. The number of nitrogens with zero attached hydrogens (tertiary/aromatic N) is 5. The fourth-order valence-electron chi connectivity index (χ4n) is 3.80. The number of sulfonamides is 1. The molecule has 9 nitrogen and oxygen atoms in total. The molecule has 1 N–H and O–H groups in total. The van der Waals surface area contributed by atoms with Crippen molar-refractivity contribution in [3.63, 3.8) is 0 Å². The van der Waals surface area contributed by atoms with Gasteiger partial charge in [0.25, 0.3) is 10.0 Å². The van der Waals surface area contributed by atoms with Crippen LogP contribution in [0.3, 0.4) is 0 Å². The van der Waals surface area contributed by atoms with Crippen LogP contribution >= 0.6 is 0 Å². The Morgan fingerprint density at radius 3 is 2.47 bits per heavy atom. The number of carbonyl (C=O) groups excluding carboxylic acids is 1. The summed E-state index contributed by atoms with van der Waals surface area (Å²) < 4.78 is 69.7. The monoisotopic (exact) mass is 496 g/mol. The number of carbonyl (C=O) groups is 1. The number of rotatable bonds is 5. The lowest BCUT2D eigenvalue weighted by molar-refractivity contribution is -0.137. The van der Waals surface area contributed by atoms with E-state index in [1.807, 2.05) is 0 Å². The second-order valence-electron chi connectivity index (χ2n) is 8.09. The van der Waals surface area contributed by atoms with Crippen LogP contribution in [-0.2, 0) is 28.0 Å². The molecule has 34 heavy (non-hydrogen) atoms. The van der Waals surface area contributed by atoms with Crippen molar-refractivity contribution in [1.29, 1.82) is 0 Å². The molecule has 0 radical (unpaired) electrons. The van der Waals surface area contributed by atoms with Gasteiger partial charge in [-0.05, 0) is 44.0 Å². The summed E-state index contributed by atoms with van der Waals surface area (Å²) in [7, 11) is -2.10. The quantitative estimate of drug-likeness (QED) is 0.585. The standard InChI is InChI=1S/C21H23F3N6O3S/c1-14-26-19(13-28(14)2)34(32,33)29-10-6-15(7-11-29)20(31)27-17-12-16(21(22,23)24)4-5-18(17)30-9-3-8-25-30/h3-5,8-9,12-13,15H,6-7,10-11H2,1-2H3,(H,27,31). The van der Waals surface area contributed by atoms with Gasteiger partial charge in [-0.15, -0.1) is 0 Å². The summed E-state index contributed by atoms with van der Waals surface area (Å²) in [5.41, 5.74) is -0.635. The van der Waals surface area contributed by atoms with Crippen molar-refractivity contribution in [3.05, 3.63) is 54.2 Å².